The summed E-state index contributed by atoms with van der Waals surface area (Å²) in [5.41, 5.74) is 9.96. The summed E-state index contributed by atoms with van der Waals surface area (Å²) < 4.78 is 7.42. The van der Waals surface area contributed by atoms with Crippen molar-refractivity contribution in [2.75, 3.05) is 7.11 Å². The number of carbonyl (C=O) groups is 1. The maximum absolute atomic E-state index is 11.2. The van der Waals surface area contributed by atoms with Gasteiger partial charge in [0.2, 0.25) is 5.91 Å². The van der Waals surface area contributed by atoms with Crippen LogP contribution >= 0.6 is 11.8 Å². The summed E-state index contributed by atoms with van der Waals surface area (Å²) in [4.78, 5) is 16.0. The largest absolute Gasteiger partial charge is 0.497 e. The number of benzene rings is 3. The quantitative estimate of drug-likeness (QED) is 0.496. The number of nitrogens with two attached hydrogens (primary N) is 1. The van der Waals surface area contributed by atoms with Gasteiger partial charge in [-0.2, -0.15) is 0 Å². The van der Waals surface area contributed by atoms with Gasteiger partial charge in [-0.25, -0.2) is 4.98 Å². The van der Waals surface area contributed by atoms with Gasteiger partial charge in [-0.05, 0) is 54.1 Å². The molecule has 0 spiro atoms. The minimum absolute atomic E-state index is 0.416. The molecule has 6 heteroatoms. The molecule has 0 atom stereocenters. The lowest BCUT2D eigenvalue weighted by molar-refractivity contribution is 0.100. The Labute approximate surface area is 167 Å². The minimum atomic E-state index is -0.416. The van der Waals surface area contributed by atoms with Gasteiger partial charge >= 0.3 is 0 Å². The average molecular weight is 389 g/mol. The minimum Gasteiger partial charge on any atom is -0.497 e. The Morgan fingerprint density at radius 3 is 2.43 bits per heavy atom. The van der Waals surface area contributed by atoms with Gasteiger partial charge in [-0.15, -0.1) is 0 Å². The SMILES string of the molecule is COc1ccc(-n2c(SCc3ccc(C(N)=O)cc3)nc3ccccc32)cc1. The number of nitrogens with zero attached hydrogens (tertiary/aromatic N) is 2. The number of fused-ring (bicyclic) bond motifs is 1. The van der Waals surface area contributed by atoms with E-state index in [1.807, 2.05) is 54.6 Å². The molecule has 0 aliphatic rings. The summed E-state index contributed by atoms with van der Waals surface area (Å²) in [6.07, 6.45) is 0. The van der Waals surface area contributed by atoms with Crippen molar-refractivity contribution >= 4 is 28.7 Å². The lowest BCUT2D eigenvalue weighted by Gasteiger charge is -2.10. The summed E-state index contributed by atoms with van der Waals surface area (Å²) in [7, 11) is 1.66. The van der Waals surface area contributed by atoms with Crippen LogP contribution < -0.4 is 10.5 Å². The van der Waals surface area contributed by atoms with Gasteiger partial charge in [0.1, 0.15) is 5.75 Å². The van der Waals surface area contributed by atoms with Crippen LogP contribution in [0.25, 0.3) is 16.7 Å². The molecule has 4 rings (SSSR count). The standard InChI is InChI=1S/C22H19N3O2S/c1-27-18-12-10-17(11-13-18)25-20-5-3-2-4-19(20)24-22(25)28-14-15-6-8-16(9-7-15)21(23)26/h2-13H,14H2,1H3,(H2,23,26). The van der Waals surface area contributed by atoms with Crippen LogP contribution in [0.2, 0.25) is 0 Å². The zero-order valence-corrected chi connectivity index (χ0v) is 16.1. The van der Waals surface area contributed by atoms with Crippen LogP contribution in [0.5, 0.6) is 5.75 Å². The van der Waals surface area contributed by atoms with Gasteiger partial charge in [0, 0.05) is 17.0 Å². The number of carbonyl (C=O) groups excluding carboxylic acids is 1. The highest BCUT2D eigenvalue weighted by Crippen LogP contribution is 2.30. The summed E-state index contributed by atoms with van der Waals surface area (Å²) >= 11 is 1.65. The second kappa shape index (κ2) is 7.78. The molecule has 1 aromatic heterocycles. The van der Waals surface area contributed by atoms with E-state index in [0.717, 1.165) is 38.9 Å². The monoisotopic (exact) mass is 389 g/mol. The normalized spacial score (nSPS) is 10.9. The molecule has 0 unspecified atom stereocenters. The molecule has 0 bridgehead atoms. The zero-order valence-electron chi connectivity index (χ0n) is 15.3. The van der Waals surface area contributed by atoms with Crippen molar-refractivity contribution in [1.29, 1.82) is 0 Å². The van der Waals surface area contributed by atoms with Crippen molar-refractivity contribution in [2.24, 2.45) is 5.73 Å². The molecule has 0 saturated heterocycles. The van der Waals surface area contributed by atoms with Crippen LogP contribution in [0, 0.1) is 0 Å². The number of hydrogen-bond acceptors (Lipinski definition) is 4. The van der Waals surface area contributed by atoms with Crippen LogP contribution in [0.4, 0.5) is 0 Å². The van der Waals surface area contributed by atoms with Crippen molar-refractivity contribution in [3.8, 4) is 11.4 Å². The molecular formula is C22H19N3O2S. The summed E-state index contributed by atoms with van der Waals surface area (Å²) in [5.74, 6) is 1.14. The van der Waals surface area contributed by atoms with Gasteiger partial charge in [-0.3, -0.25) is 9.36 Å². The molecule has 0 fully saturated rings. The van der Waals surface area contributed by atoms with Crippen LogP contribution in [0.15, 0.2) is 78.0 Å². The van der Waals surface area contributed by atoms with Crippen molar-refractivity contribution < 1.29 is 9.53 Å². The fourth-order valence-corrected chi connectivity index (χ4v) is 3.98. The fourth-order valence-electron chi connectivity index (χ4n) is 2.99. The van der Waals surface area contributed by atoms with E-state index < -0.39 is 5.91 Å². The molecule has 2 N–H and O–H groups in total. The van der Waals surface area contributed by atoms with E-state index in [4.69, 9.17) is 15.5 Å². The van der Waals surface area contributed by atoms with Crippen LogP contribution in [-0.2, 0) is 5.75 Å². The van der Waals surface area contributed by atoms with Gasteiger partial charge in [-0.1, -0.05) is 36.0 Å². The van der Waals surface area contributed by atoms with Crippen LogP contribution in [0.1, 0.15) is 15.9 Å². The first-order valence-electron chi connectivity index (χ1n) is 8.79. The molecule has 0 aliphatic carbocycles. The third-order valence-corrected chi connectivity index (χ3v) is 5.48. The molecule has 0 saturated carbocycles. The van der Waals surface area contributed by atoms with E-state index in [1.54, 1.807) is 31.0 Å². The van der Waals surface area contributed by atoms with Crippen molar-refractivity contribution in [3.05, 3.63) is 83.9 Å². The molecule has 3 aromatic carbocycles. The van der Waals surface area contributed by atoms with Crippen molar-refractivity contribution in [1.82, 2.24) is 9.55 Å². The second-order valence-corrected chi connectivity index (χ2v) is 7.21. The highest BCUT2D eigenvalue weighted by Gasteiger charge is 2.13. The molecule has 1 heterocycles. The number of amides is 1. The van der Waals surface area contributed by atoms with Crippen molar-refractivity contribution in [2.45, 2.75) is 10.9 Å². The molecule has 140 valence electrons. The first kappa shape index (κ1) is 18.1. The smallest absolute Gasteiger partial charge is 0.248 e. The van der Waals surface area contributed by atoms with Gasteiger partial charge in [0.15, 0.2) is 5.16 Å². The van der Waals surface area contributed by atoms with Gasteiger partial charge in [0.05, 0.1) is 18.1 Å². The van der Waals surface area contributed by atoms with E-state index in [9.17, 15) is 4.79 Å². The predicted octanol–water partition coefficient (Wildman–Crippen LogP) is 4.43. The lowest BCUT2D eigenvalue weighted by Crippen LogP contribution is -2.10. The summed E-state index contributed by atoms with van der Waals surface area (Å²) in [5, 5.41) is 0.908. The second-order valence-electron chi connectivity index (χ2n) is 6.27. The molecule has 28 heavy (non-hydrogen) atoms. The number of hydrogen-bond donors (Lipinski definition) is 1. The van der Waals surface area contributed by atoms with Crippen LogP contribution in [0.3, 0.4) is 0 Å². The predicted molar refractivity (Wildman–Crippen MR) is 112 cm³/mol. The molecule has 0 aliphatic heterocycles. The van der Waals surface area contributed by atoms with Gasteiger partial charge < -0.3 is 10.5 Å². The number of methoxy groups -OCH3 is 1. The Kier molecular flexibility index (Phi) is 5.04. The number of thioether (sulfide) groups is 1. The summed E-state index contributed by atoms with van der Waals surface area (Å²) in [6.45, 7) is 0. The Morgan fingerprint density at radius 1 is 1.04 bits per heavy atom. The number of aromatic nitrogens is 2. The first-order chi connectivity index (χ1) is 13.7. The Hall–Kier alpha value is -3.25. The Morgan fingerprint density at radius 2 is 1.75 bits per heavy atom. The van der Waals surface area contributed by atoms with E-state index in [-0.39, 0.29) is 0 Å². The van der Waals surface area contributed by atoms with E-state index in [1.165, 1.54) is 0 Å². The number of rotatable bonds is 6. The third-order valence-electron chi connectivity index (χ3n) is 4.47. The lowest BCUT2D eigenvalue weighted by atomic mass is 10.1. The third kappa shape index (κ3) is 3.59. The van der Waals surface area contributed by atoms with Gasteiger partial charge in [0.25, 0.3) is 0 Å². The van der Waals surface area contributed by atoms with E-state index in [0.29, 0.717) is 5.56 Å². The Balaban J connectivity index is 1.67. The van der Waals surface area contributed by atoms with E-state index >= 15 is 0 Å². The van der Waals surface area contributed by atoms with E-state index in [2.05, 4.69) is 10.6 Å². The number of para-hydroxylation sites is 2. The maximum atomic E-state index is 11.2. The average Bonchev–Trinajstić information content (AvgIpc) is 3.11. The van der Waals surface area contributed by atoms with Crippen molar-refractivity contribution in [3.63, 3.8) is 0 Å². The number of ether oxygens (including phenoxy) is 1. The number of imidazole rings is 1. The fraction of sp³-hybridized carbons (Fsp3) is 0.0909. The molecule has 4 aromatic rings. The first-order valence-corrected chi connectivity index (χ1v) is 9.78. The highest BCUT2D eigenvalue weighted by atomic mass is 32.2. The molecular weight excluding hydrogens is 370 g/mol. The highest BCUT2D eigenvalue weighted by molar-refractivity contribution is 7.98. The Bertz CT molecular complexity index is 1120. The maximum Gasteiger partial charge on any atom is 0.248 e. The summed E-state index contributed by atoms with van der Waals surface area (Å²) in [6, 6.07) is 23.4. The number of primary amides is 1. The topological polar surface area (TPSA) is 70.1 Å². The molecule has 0 radical (unpaired) electrons. The van der Waals surface area contributed by atoms with Crippen LogP contribution in [-0.4, -0.2) is 22.6 Å². The molecule has 5 nitrogen and oxygen atoms in total. The zero-order chi connectivity index (χ0) is 19.5. The molecule has 1 amide bonds.